The molecule has 0 bridgehead atoms. The molecule has 0 saturated heterocycles. The van der Waals surface area contributed by atoms with Gasteiger partial charge in [-0.25, -0.2) is 4.79 Å². The average molecular weight is 321 g/mol. The summed E-state index contributed by atoms with van der Waals surface area (Å²) in [6.07, 6.45) is 0. The lowest BCUT2D eigenvalue weighted by Crippen LogP contribution is -2.36. The minimum Gasteiger partial charge on any atom is -0.411 e. The third-order valence-electron chi connectivity index (χ3n) is 3.59. The summed E-state index contributed by atoms with van der Waals surface area (Å²) in [5.74, 6) is 0.426. The van der Waals surface area contributed by atoms with E-state index in [2.05, 4.69) is 15.5 Å². The molecule has 0 aliphatic heterocycles. The highest BCUT2D eigenvalue weighted by molar-refractivity contribution is 5.55. The molecule has 0 aliphatic carbocycles. The highest BCUT2D eigenvalue weighted by atomic mass is 16.5. The Hall–Kier alpha value is -3.48. The van der Waals surface area contributed by atoms with Gasteiger partial charge < -0.3 is 4.42 Å². The predicted molar refractivity (Wildman–Crippen MR) is 84.3 cm³/mol. The summed E-state index contributed by atoms with van der Waals surface area (Å²) in [7, 11) is 0. The Morgan fingerprint density at radius 3 is 2.42 bits per heavy atom. The number of hydrogen-bond acceptors (Lipinski definition) is 5. The second kappa shape index (κ2) is 5.62. The summed E-state index contributed by atoms with van der Waals surface area (Å²) in [4.78, 5) is 12.1. The molecule has 4 rings (SSSR count). The number of nitrogens with zero attached hydrogens (tertiary/aromatic N) is 3. The van der Waals surface area contributed by atoms with Gasteiger partial charge in [-0.2, -0.15) is 0 Å². The lowest BCUT2D eigenvalue weighted by molar-refractivity contribution is -0.660. The first kappa shape index (κ1) is 14.1. The van der Waals surface area contributed by atoms with Gasteiger partial charge >= 0.3 is 17.2 Å². The first-order valence-corrected chi connectivity index (χ1v) is 7.32. The van der Waals surface area contributed by atoms with Crippen molar-refractivity contribution in [2.75, 3.05) is 0 Å². The van der Waals surface area contributed by atoms with Gasteiger partial charge in [0.05, 0.1) is 0 Å². The maximum atomic E-state index is 12.1. The second-order valence-corrected chi connectivity index (χ2v) is 5.28. The molecule has 0 fully saturated rings. The summed E-state index contributed by atoms with van der Waals surface area (Å²) < 4.78 is 12.0. The van der Waals surface area contributed by atoms with Crippen molar-refractivity contribution in [1.29, 1.82) is 0 Å². The molecule has 0 saturated carbocycles. The molecular weight excluding hydrogens is 308 g/mol. The van der Waals surface area contributed by atoms with Crippen LogP contribution in [0.15, 0.2) is 68.3 Å². The van der Waals surface area contributed by atoms with Crippen LogP contribution in [0.1, 0.15) is 5.56 Å². The normalized spacial score (nSPS) is 10.9. The molecule has 7 nitrogen and oxygen atoms in total. The van der Waals surface area contributed by atoms with Crippen LogP contribution in [0, 0.1) is 6.92 Å². The molecule has 0 unspecified atom stereocenters. The molecule has 0 spiro atoms. The predicted octanol–water partition coefficient (Wildman–Crippen LogP) is 2.27. The van der Waals surface area contributed by atoms with Crippen LogP contribution in [0.2, 0.25) is 0 Å². The van der Waals surface area contributed by atoms with Gasteiger partial charge in [0.1, 0.15) is 0 Å². The first-order valence-electron chi connectivity index (χ1n) is 7.32. The van der Waals surface area contributed by atoms with Gasteiger partial charge in [0.25, 0.3) is 0 Å². The van der Waals surface area contributed by atoms with Crippen molar-refractivity contribution in [2.45, 2.75) is 6.92 Å². The minimum atomic E-state index is -0.585. The molecule has 24 heavy (non-hydrogen) atoms. The number of aromatic nitrogens is 4. The van der Waals surface area contributed by atoms with Crippen molar-refractivity contribution >= 4 is 0 Å². The molecule has 118 valence electrons. The molecule has 2 aromatic carbocycles. The van der Waals surface area contributed by atoms with Crippen molar-refractivity contribution in [3.63, 3.8) is 0 Å². The SMILES string of the molecule is Cc1ccc(-c2nnc(-c3c(=O)o[nH][n+]3-c3ccccc3)o2)cc1. The third-order valence-corrected chi connectivity index (χ3v) is 3.59. The number of para-hydroxylation sites is 1. The summed E-state index contributed by atoms with van der Waals surface area (Å²) in [5, 5.41) is 10.6. The molecular formula is C17H13N4O3+. The van der Waals surface area contributed by atoms with Crippen LogP contribution in [0.4, 0.5) is 0 Å². The average Bonchev–Trinajstić information content (AvgIpc) is 3.23. The summed E-state index contributed by atoms with van der Waals surface area (Å²) in [6, 6.07) is 16.9. The number of benzene rings is 2. The summed E-state index contributed by atoms with van der Waals surface area (Å²) in [5.41, 5.74) is 2.19. The molecule has 4 aromatic rings. The number of nitrogens with one attached hydrogen (secondary N) is 1. The maximum absolute atomic E-state index is 12.1. The number of aromatic amines is 1. The Balaban J connectivity index is 1.80. The highest BCUT2D eigenvalue weighted by Gasteiger charge is 2.30. The largest absolute Gasteiger partial charge is 0.441 e. The van der Waals surface area contributed by atoms with E-state index in [0.29, 0.717) is 11.6 Å². The van der Waals surface area contributed by atoms with Crippen LogP contribution in [-0.2, 0) is 0 Å². The topological polar surface area (TPSA) is 88.8 Å². The van der Waals surface area contributed by atoms with Gasteiger partial charge in [-0.05, 0) is 29.0 Å². The van der Waals surface area contributed by atoms with E-state index < -0.39 is 5.63 Å². The Bertz CT molecular complexity index is 1030. The fraction of sp³-hybridized carbons (Fsp3) is 0.0588. The third kappa shape index (κ3) is 2.41. The lowest BCUT2D eigenvalue weighted by Gasteiger charge is -1.94. The van der Waals surface area contributed by atoms with Crippen molar-refractivity contribution in [3.05, 3.63) is 70.6 Å². The van der Waals surface area contributed by atoms with E-state index in [0.717, 1.165) is 11.1 Å². The van der Waals surface area contributed by atoms with Gasteiger partial charge in [0.2, 0.25) is 11.6 Å². The van der Waals surface area contributed by atoms with E-state index in [-0.39, 0.29) is 11.6 Å². The molecule has 0 radical (unpaired) electrons. The van der Waals surface area contributed by atoms with Crippen LogP contribution in [0.3, 0.4) is 0 Å². The number of hydrogen-bond donors (Lipinski definition) is 1. The second-order valence-electron chi connectivity index (χ2n) is 5.28. The fourth-order valence-electron chi connectivity index (χ4n) is 2.35. The van der Waals surface area contributed by atoms with Gasteiger partial charge in [0, 0.05) is 17.7 Å². The fourth-order valence-corrected chi connectivity index (χ4v) is 2.35. The molecule has 2 aromatic heterocycles. The molecule has 2 heterocycles. The van der Waals surface area contributed by atoms with E-state index in [9.17, 15) is 4.79 Å². The lowest BCUT2D eigenvalue weighted by atomic mass is 10.1. The molecule has 0 amide bonds. The van der Waals surface area contributed by atoms with Gasteiger partial charge in [0.15, 0.2) is 0 Å². The molecule has 1 N–H and O–H groups in total. The maximum Gasteiger partial charge on any atom is 0.441 e. The van der Waals surface area contributed by atoms with Crippen molar-refractivity contribution < 1.29 is 13.6 Å². The van der Waals surface area contributed by atoms with E-state index in [1.54, 1.807) is 0 Å². The zero-order valence-corrected chi connectivity index (χ0v) is 12.8. The van der Waals surface area contributed by atoms with Crippen molar-refractivity contribution in [3.8, 4) is 28.7 Å². The summed E-state index contributed by atoms with van der Waals surface area (Å²) in [6.45, 7) is 2.00. The van der Waals surface area contributed by atoms with Crippen LogP contribution in [0.5, 0.6) is 0 Å². The van der Waals surface area contributed by atoms with Gasteiger partial charge in [-0.1, -0.05) is 35.9 Å². The van der Waals surface area contributed by atoms with Crippen molar-refractivity contribution in [2.24, 2.45) is 0 Å². The van der Waals surface area contributed by atoms with E-state index >= 15 is 0 Å². The first-order chi connectivity index (χ1) is 11.7. The minimum absolute atomic E-state index is 0.0874. The monoisotopic (exact) mass is 321 g/mol. The Kier molecular flexibility index (Phi) is 3.31. The Labute approximate surface area is 136 Å². The Morgan fingerprint density at radius 2 is 1.67 bits per heavy atom. The Morgan fingerprint density at radius 1 is 0.958 bits per heavy atom. The highest BCUT2D eigenvalue weighted by Crippen LogP contribution is 2.21. The van der Waals surface area contributed by atoms with Crippen LogP contribution in [-0.4, -0.2) is 15.5 Å². The van der Waals surface area contributed by atoms with E-state index in [1.165, 1.54) is 4.68 Å². The van der Waals surface area contributed by atoms with Gasteiger partial charge in [-0.15, -0.1) is 10.2 Å². The van der Waals surface area contributed by atoms with Crippen LogP contribution in [0.25, 0.3) is 28.7 Å². The van der Waals surface area contributed by atoms with E-state index in [1.807, 2.05) is 61.5 Å². The molecule has 0 aliphatic rings. The van der Waals surface area contributed by atoms with Gasteiger partial charge in [-0.3, -0.25) is 4.52 Å². The summed E-state index contributed by atoms with van der Waals surface area (Å²) >= 11 is 0. The van der Waals surface area contributed by atoms with Crippen LogP contribution < -0.4 is 10.3 Å². The number of aryl methyl sites for hydroxylation is 1. The smallest absolute Gasteiger partial charge is 0.411 e. The number of rotatable bonds is 3. The van der Waals surface area contributed by atoms with Crippen LogP contribution >= 0.6 is 0 Å². The zero-order chi connectivity index (χ0) is 16.5. The standard InChI is InChI=1S/C17H12N4O3/c1-11-7-9-12(10-8-11)15-18-19-16(23-15)14-17(22)24-20-21(14)13-5-3-2-4-6-13/h2-10H,1H3/p+1. The zero-order valence-electron chi connectivity index (χ0n) is 12.8. The molecule has 7 heteroatoms. The van der Waals surface area contributed by atoms with Crippen molar-refractivity contribution in [1.82, 2.24) is 15.5 Å². The quantitative estimate of drug-likeness (QED) is 0.585. The molecule has 0 atom stereocenters. The number of H-pyrrole nitrogens is 1. The van der Waals surface area contributed by atoms with E-state index in [4.69, 9.17) is 8.94 Å².